The summed E-state index contributed by atoms with van der Waals surface area (Å²) in [5, 5.41) is 4.54. The number of fused-ring (bicyclic) bond motifs is 1. The van der Waals surface area contributed by atoms with Crippen molar-refractivity contribution in [3.63, 3.8) is 0 Å². The van der Waals surface area contributed by atoms with Crippen LogP contribution < -0.4 is 5.73 Å². The summed E-state index contributed by atoms with van der Waals surface area (Å²) in [6.07, 6.45) is 5.22. The van der Waals surface area contributed by atoms with Crippen molar-refractivity contribution in [1.82, 2.24) is 9.78 Å². The average Bonchev–Trinajstić information content (AvgIpc) is 2.80. The fourth-order valence-electron chi connectivity index (χ4n) is 3.37. The van der Waals surface area contributed by atoms with Gasteiger partial charge in [-0.2, -0.15) is 5.10 Å². The molecule has 0 radical (unpaired) electrons. The molecule has 1 aliphatic carbocycles. The van der Waals surface area contributed by atoms with Crippen molar-refractivity contribution in [2.45, 2.75) is 44.6 Å². The summed E-state index contributed by atoms with van der Waals surface area (Å²) in [4.78, 5) is 0. The molecule has 106 valence electrons. The molecule has 1 aromatic carbocycles. The van der Waals surface area contributed by atoms with Gasteiger partial charge in [0.1, 0.15) is 0 Å². The number of aryl methyl sites for hydroxylation is 3. The first-order chi connectivity index (χ1) is 9.62. The Morgan fingerprint density at radius 3 is 2.90 bits per heavy atom. The first-order valence-electron chi connectivity index (χ1n) is 7.51. The quantitative estimate of drug-likeness (QED) is 0.931. The number of aromatic nitrogens is 2. The van der Waals surface area contributed by atoms with Gasteiger partial charge in [0.15, 0.2) is 0 Å². The second-order valence-corrected chi connectivity index (χ2v) is 5.95. The Morgan fingerprint density at radius 1 is 1.35 bits per heavy atom. The van der Waals surface area contributed by atoms with Crippen LogP contribution in [-0.2, 0) is 31.8 Å². The van der Waals surface area contributed by atoms with Crippen molar-refractivity contribution in [3.8, 4) is 0 Å². The monoisotopic (exact) mass is 269 g/mol. The highest BCUT2D eigenvalue weighted by molar-refractivity contribution is 5.37. The fourth-order valence-corrected chi connectivity index (χ4v) is 3.37. The van der Waals surface area contributed by atoms with Crippen molar-refractivity contribution in [3.05, 3.63) is 52.8 Å². The molecule has 2 aromatic rings. The maximum Gasteiger partial charge on any atom is 0.0624 e. The van der Waals surface area contributed by atoms with Crippen molar-refractivity contribution in [2.24, 2.45) is 12.8 Å². The molecular formula is C17H23N3. The van der Waals surface area contributed by atoms with E-state index < -0.39 is 0 Å². The molecule has 1 unspecified atom stereocenters. The molecule has 3 rings (SSSR count). The van der Waals surface area contributed by atoms with Gasteiger partial charge in [0.25, 0.3) is 0 Å². The molecule has 1 heterocycles. The predicted octanol–water partition coefficient (Wildman–Crippen LogP) is 2.72. The van der Waals surface area contributed by atoms with E-state index in [9.17, 15) is 0 Å². The van der Waals surface area contributed by atoms with Crippen LogP contribution in [0.5, 0.6) is 0 Å². The van der Waals surface area contributed by atoms with E-state index in [1.54, 1.807) is 0 Å². The molecule has 0 fully saturated rings. The molecule has 1 aliphatic rings. The zero-order valence-electron chi connectivity index (χ0n) is 12.4. The lowest BCUT2D eigenvalue weighted by Gasteiger charge is -2.36. The summed E-state index contributed by atoms with van der Waals surface area (Å²) in [6.45, 7) is 2.14. The molecule has 1 aromatic heterocycles. The van der Waals surface area contributed by atoms with Gasteiger partial charge in [-0.3, -0.25) is 4.68 Å². The molecule has 0 spiro atoms. The molecule has 0 bridgehead atoms. The van der Waals surface area contributed by atoms with Crippen LogP contribution in [0.25, 0.3) is 0 Å². The van der Waals surface area contributed by atoms with Gasteiger partial charge >= 0.3 is 0 Å². The third kappa shape index (κ3) is 2.27. The SMILES string of the molecule is CCc1cc(CC2(N)CCCc3ccccc32)n(C)n1. The van der Waals surface area contributed by atoms with E-state index in [0.717, 1.165) is 31.4 Å². The van der Waals surface area contributed by atoms with Gasteiger partial charge in [-0.1, -0.05) is 31.2 Å². The van der Waals surface area contributed by atoms with Crippen molar-refractivity contribution in [2.75, 3.05) is 0 Å². The number of nitrogens with zero attached hydrogens (tertiary/aromatic N) is 2. The Kier molecular flexibility index (Phi) is 3.38. The number of hydrogen-bond donors (Lipinski definition) is 1. The average molecular weight is 269 g/mol. The van der Waals surface area contributed by atoms with Crippen LogP contribution in [0.1, 0.15) is 42.3 Å². The minimum Gasteiger partial charge on any atom is -0.321 e. The Labute approximate surface area is 120 Å². The Morgan fingerprint density at radius 2 is 2.15 bits per heavy atom. The molecular weight excluding hydrogens is 246 g/mol. The molecule has 3 heteroatoms. The predicted molar refractivity (Wildman–Crippen MR) is 81.5 cm³/mol. The van der Waals surface area contributed by atoms with Crippen LogP contribution in [0.4, 0.5) is 0 Å². The summed E-state index contributed by atoms with van der Waals surface area (Å²) in [7, 11) is 2.02. The Hall–Kier alpha value is -1.61. The van der Waals surface area contributed by atoms with E-state index in [1.807, 2.05) is 11.7 Å². The lowest BCUT2D eigenvalue weighted by molar-refractivity contribution is 0.361. The fraction of sp³-hybridized carbons (Fsp3) is 0.471. The van der Waals surface area contributed by atoms with Gasteiger partial charge in [-0.15, -0.1) is 0 Å². The van der Waals surface area contributed by atoms with Crippen LogP contribution in [0.2, 0.25) is 0 Å². The van der Waals surface area contributed by atoms with Crippen molar-refractivity contribution < 1.29 is 0 Å². The molecule has 2 N–H and O–H groups in total. The Balaban J connectivity index is 1.95. The number of hydrogen-bond acceptors (Lipinski definition) is 2. The second-order valence-electron chi connectivity index (χ2n) is 5.95. The third-order valence-electron chi connectivity index (χ3n) is 4.51. The van der Waals surface area contributed by atoms with Crippen LogP contribution >= 0.6 is 0 Å². The highest BCUT2D eigenvalue weighted by atomic mass is 15.3. The summed E-state index contributed by atoms with van der Waals surface area (Å²) >= 11 is 0. The van der Waals surface area contributed by atoms with E-state index in [-0.39, 0.29) is 5.54 Å². The van der Waals surface area contributed by atoms with Crippen LogP contribution in [-0.4, -0.2) is 9.78 Å². The summed E-state index contributed by atoms with van der Waals surface area (Å²) in [6, 6.07) is 10.8. The summed E-state index contributed by atoms with van der Waals surface area (Å²) in [5.41, 5.74) is 11.7. The van der Waals surface area contributed by atoms with Gasteiger partial charge in [0.2, 0.25) is 0 Å². The van der Waals surface area contributed by atoms with E-state index in [0.29, 0.717) is 0 Å². The van der Waals surface area contributed by atoms with Crippen LogP contribution in [0.15, 0.2) is 30.3 Å². The zero-order valence-corrected chi connectivity index (χ0v) is 12.4. The normalized spacial score (nSPS) is 21.8. The van der Waals surface area contributed by atoms with E-state index in [1.165, 1.54) is 23.2 Å². The zero-order chi connectivity index (χ0) is 14.2. The Bertz CT molecular complexity index is 614. The van der Waals surface area contributed by atoms with Gasteiger partial charge in [0, 0.05) is 24.7 Å². The summed E-state index contributed by atoms with van der Waals surface area (Å²) in [5.74, 6) is 0. The molecule has 0 saturated carbocycles. The topological polar surface area (TPSA) is 43.8 Å². The largest absolute Gasteiger partial charge is 0.321 e. The van der Waals surface area contributed by atoms with E-state index in [4.69, 9.17) is 5.73 Å². The van der Waals surface area contributed by atoms with Crippen LogP contribution in [0.3, 0.4) is 0 Å². The van der Waals surface area contributed by atoms with E-state index in [2.05, 4.69) is 42.4 Å². The van der Waals surface area contributed by atoms with E-state index >= 15 is 0 Å². The lowest BCUT2D eigenvalue weighted by atomic mass is 9.74. The van der Waals surface area contributed by atoms with Gasteiger partial charge in [-0.05, 0) is 42.9 Å². The minimum atomic E-state index is -0.242. The number of benzene rings is 1. The second kappa shape index (κ2) is 5.06. The molecule has 0 aliphatic heterocycles. The lowest BCUT2D eigenvalue weighted by Crippen LogP contribution is -2.42. The smallest absolute Gasteiger partial charge is 0.0624 e. The van der Waals surface area contributed by atoms with Crippen molar-refractivity contribution >= 4 is 0 Å². The maximum atomic E-state index is 6.78. The molecule has 0 saturated heterocycles. The maximum absolute atomic E-state index is 6.78. The third-order valence-corrected chi connectivity index (χ3v) is 4.51. The van der Waals surface area contributed by atoms with Gasteiger partial charge in [0.05, 0.1) is 5.69 Å². The molecule has 1 atom stereocenters. The number of rotatable bonds is 3. The summed E-state index contributed by atoms with van der Waals surface area (Å²) < 4.78 is 1.99. The highest BCUT2D eigenvalue weighted by Gasteiger charge is 2.33. The van der Waals surface area contributed by atoms with Gasteiger partial charge < -0.3 is 5.73 Å². The van der Waals surface area contributed by atoms with Gasteiger partial charge in [-0.25, -0.2) is 0 Å². The minimum absolute atomic E-state index is 0.242. The molecule has 3 nitrogen and oxygen atoms in total. The van der Waals surface area contributed by atoms with Crippen molar-refractivity contribution in [1.29, 1.82) is 0 Å². The molecule has 20 heavy (non-hydrogen) atoms. The highest BCUT2D eigenvalue weighted by Crippen LogP contribution is 2.35. The first kappa shape index (κ1) is 13.4. The number of nitrogens with two attached hydrogens (primary N) is 1. The molecule has 0 amide bonds. The first-order valence-corrected chi connectivity index (χ1v) is 7.51. The standard InChI is InChI=1S/C17H23N3/c1-3-14-11-15(20(2)19-14)12-17(18)10-6-8-13-7-4-5-9-16(13)17/h4-5,7,9,11H,3,6,8,10,12,18H2,1-2H3. The van der Waals surface area contributed by atoms with Crippen LogP contribution in [0, 0.1) is 0 Å².